The van der Waals surface area contributed by atoms with Crippen LogP contribution in [0.1, 0.15) is 5.82 Å². The Bertz CT molecular complexity index is 491. The molecule has 0 aliphatic heterocycles. The molecule has 0 bridgehead atoms. The Morgan fingerprint density at radius 3 is 2.88 bits per heavy atom. The zero-order chi connectivity index (χ0) is 12.3. The maximum Gasteiger partial charge on any atom is 0.173 e. The van der Waals surface area contributed by atoms with Crippen LogP contribution in [0, 0.1) is 6.92 Å². The minimum Gasteiger partial charge on any atom is -0.380 e. The van der Waals surface area contributed by atoms with Gasteiger partial charge in [0.05, 0.1) is 18.3 Å². The van der Waals surface area contributed by atoms with Crippen molar-refractivity contribution < 1.29 is 9.47 Å². The Morgan fingerprint density at radius 1 is 1.41 bits per heavy atom. The molecule has 1 N–H and O–H groups in total. The summed E-state index contributed by atoms with van der Waals surface area (Å²) >= 11 is 0. The lowest BCUT2D eigenvalue weighted by Crippen LogP contribution is -2.23. The smallest absolute Gasteiger partial charge is 0.173 e. The van der Waals surface area contributed by atoms with Crippen molar-refractivity contribution in [3.05, 3.63) is 30.4 Å². The quantitative estimate of drug-likeness (QED) is 0.801. The number of aromatic nitrogens is 2. The van der Waals surface area contributed by atoms with Gasteiger partial charge in [0, 0.05) is 26.1 Å². The predicted molar refractivity (Wildman–Crippen MR) is 66.2 cm³/mol. The van der Waals surface area contributed by atoms with E-state index in [0.717, 1.165) is 17.0 Å². The molecule has 0 radical (unpaired) electrons. The molecule has 2 heterocycles. The van der Waals surface area contributed by atoms with Gasteiger partial charge in [0.1, 0.15) is 5.82 Å². The molecule has 0 saturated carbocycles. The lowest BCUT2D eigenvalue weighted by atomic mass is 10.3. The number of hydrogen-bond donors (Lipinski definition) is 1. The normalized spacial score (nSPS) is 11.3. The van der Waals surface area contributed by atoms with E-state index >= 15 is 0 Å². The molecule has 5 heteroatoms. The highest BCUT2D eigenvalue weighted by atomic mass is 16.7. The Hall–Kier alpha value is -1.59. The monoisotopic (exact) mass is 235 g/mol. The van der Waals surface area contributed by atoms with Crippen LogP contribution < -0.4 is 5.32 Å². The second-order valence-corrected chi connectivity index (χ2v) is 3.80. The fourth-order valence-corrected chi connectivity index (χ4v) is 1.71. The first kappa shape index (κ1) is 11.9. The molecule has 17 heavy (non-hydrogen) atoms. The van der Waals surface area contributed by atoms with Gasteiger partial charge in [-0.1, -0.05) is 0 Å². The van der Waals surface area contributed by atoms with Gasteiger partial charge in [0.15, 0.2) is 6.29 Å². The third-order valence-corrected chi connectivity index (χ3v) is 2.72. The van der Waals surface area contributed by atoms with E-state index in [-0.39, 0.29) is 6.29 Å². The van der Waals surface area contributed by atoms with Crippen LogP contribution in [0.25, 0.3) is 5.52 Å². The van der Waals surface area contributed by atoms with Gasteiger partial charge in [-0.05, 0) is 19.1 Å². The molecule has 2 rings (SSSR count). The largest absolute Gasteiger partial charge is 0.380 e. The number of nitrogens with zero attached hydrogens (tertiary/aromatic N) is 2. The number of aryl methyl sites for hydroxylation is 1. The number of methoxy groups -OCH3 is 2. The van der Waals surface area contributed by atoms with Crippen LogP contribution in [0.3, 0.4) is 0 Å². The van der Waals surface area contributed by atoms with Gasteiger partial charge in [0.25, 0.3) is 0 Å². The zero-order valence-corrected chi connectivity index (χ0v) is 10.3. The molecular weight excluding hydrogens is 218 g/mol. The molecule has 0 spiro atoms. The number of ether oxygens (including phenoxy) is 2. The molecular formula is C12H17N3O2. The molecule has 0 atom stereocenters. The van der Waals surface area contributed by atoms with E-state index in [2.05, 4.69) is 10.3 Å². The Balaban J connectivity index is 2.09. The topological polar surface area (TPSA) is 47.8 Å². The molecule has 0 aliphatic rings. The standard InChI is InChI=1S/C12H17N3O2/c1-9-13-7-11-6-10(4-5-15(9)11)14-8-12(16-2)17-3/h4-7,12,14H,8H2,1-3H3. The summed E-state index contributed by atoms with van der Waals surface area (Å²) in [6.07, 6.45) is 3.61. The van der Waals surface area contributed by atoms with Crippen molar-refractivity contribution in [2.45, 2.75) is 13.2 Å². The van der Waals surface area contributed by atoms with E-state index in [1.165, 1.54) is 0 Å². The lowest BCUT2D eigenvalue weighted by molar-refractivity contribution is -0.0914. The highest BCUT2D eigenvalue weighted by molar-refractivity contribution is 5.58. The summed E-state index contributed by atoms with van der Waals surface area (Å²) in [5, 5.41) is 3.26. The minimum absolute atomic E-state index is 0.238. The van der Waals surface area contributed by atoms with Crippen LogP contribution >= 0.6 is 0 Å². The van der Waals surface area contributed by atoms with Crippen molar-refractivity contribution in [3.63, 3.8) is 0 Å². The first-order chi connectivity index (χ1) is 8.24. The molecule has 5 nitrogen and oxygen atoms in total. The fourth-order valence-electron chi connectivity index (χ4n) is 1.71. The van der Waals surface area contributed by atoms with Crippen LogP contribution in [-0.4, -0.2) is 36.4 Å². The third kappa shape index (κ3) is 2.57. The van der Waals surface area contributed by atoms with Crippen molar-refractivity contribution in [2.75, 3.05) is 26.1 Å². The van der Waals surface area contributed by atoms with Crippen molar-refractivity contribution in [3.8, 4) is 0 Å². The highest BCUT2D eigenvalue weighted by Crippen LogP contribution is 2.13. The zero-order valence-electron chi connectivity index (χ0n) is 10.3. The summed E-state index contributed by atoms with van der Waals surface area (Å²) in [6, 6.07) is 4.05. The fraction of sp³-hybridized carbons (Fsp3) is 0.417. The van der Waals surface area contributed by atoms with E-state index in [9.17, 15) is 0 Å². The summed E-state index contributed by atoms with van der Waals surface area (Å²) in [5.74, 6) is 0.984. The first-order valence-electron chi connectivity index (χ1n) is 5.47. The van der Waals surface area contributed by atoms with E-state index in [1.54, 1.807) is 14.2 Å². The van der Waals surface area contributed by atoms with Gasteiger partial charge >= 0.3 is 0 Å². The van der Waals surface area contributed by atoms with E-state index in [4.69, 9.17) is 9.47 Å². The molecule has 0 aromatic carbocycles. The minimum atomic E-state index is -0.238. The SMILES string of the molecule is COC(CNc1ccn2c(C)ncc2c1)OC. The Morgan fingerprint density at radius 2 is 2.18 bits per heavy atom. The summed E-state index contributed by atoms with van der Waals surface area (Å²) in [7, 11) is 3.25. The maximum absolute atomic E-state index is 5.11. The predicted octanol–water partition coefficient (Wildman–Crippen LogP) is 1.67. The first-order valence-corrected chi connectivity index (χ1v) is 5.47. The molecule has 0 fully saturated rings. The van der Waals surface area contributed by atoms with Crippen molar-refractivity contribution in [1.82, 2.24) is 9.38 Å². The van der Waals surface area contributed by atoms with Gasteiger partial charge < -0.3 is 19.2 Å². The molecule has 0 amide bonds. The summed E-state index contributed by atoms with van der Waals surface area (Å²) in [4.78, 5) is 4.25. The number of hydrogen-bond acceptors (Lipinski definition) is 4. The van der Waals surface area contributed by atoms with Gasteiger partial charge in [0.2, 0.25) is 0 Å². The number of imidazole rings is 1. The van der Waals surface area contributed by atoms with Crippen LogP contribution in [0.2, 0.25) is 0 Å². The van der Waals surface area contributed by atoms with Crippen LogP contribution in [0.5, 0.6) is 0 Å². The average molecular weight is 235 g/mol. The van der Waals surface area contributed by atoms with Crippen LogP contribution in [-0.2, 0) is 9.47 Å². The van der Waals surface area contributed by atoms with E-state index < -0.39 is 0 Å². The average Bonchev–Trinajstić information content (AvgIpc) is 2.72. The second-order valence-electron chi connectivity index (χ2n) is 3.80. The molecule has 0 saturated heterocycles. The number of fused-ring (bicyclic) bond motifs is 1. The molecule has 0 unspecified atom stereocenters. The molecule has 2 aromatic rings. The number of rotatable bonds is 5. The number of anilines is 1. The molecule has 92 valence electrons. The van der Waals surface area contributed by atoms with Crippen molar-refractivity contribution in [1.29, 1.82) is 0 Å². The Kier molecular flexibility index (Phi) is 3.61. The van der Waals surface area contributed by atoms with Gasteiger partial charge in [-0.2, -0.15) is 0 Å². The highest BCUT2D eigenvalue weighted by Gasteiger charge is 2.05. The summed E-state index contributed by atoms with van der Waals surface area (Å²) < 4.78 is 12.3. The van der Waals surface area contributed by atoms with Gasteiger partial charge in [-0.25, -0.2) is 4.98 Å². The van der Waals surface area contributed by atoms with Gasteiger partial charge in [-0.3, -0.25) is 0 Å². The van der Waals surface area contributed by atoms with Crippen LogP contribution in [0.15, 0.2) is 24.5 Å². The summed E-state index contributed by atoms with van der Waals surface area (Å²) in [5.41, 5.74) is 2.09. The summed E-state index contributed by atoms with van der Waals surface area (Å²) in [6.45, 7) is 2.59. The maximum atomic E-state index is 5.11. The van der Waals surface area contributed by atoms with Crippen LogP contribution in [0.4, 0.5) is 5.69 Å². The third-order valence-electron chi connectivity index (χ3n) is 2.72. The van der Waals surface area contributed by atoms with Crippen molar-refractivity contribution >= 4 is 11.2 Å². The Labute approximate surface area is 100 Å². The number of pyridine rings is 1. The van der Waals surface area contributed by atoms with E-state index in [0.29, 0.717) is 6.54 Å². The van der Waals surface area contributed by atoms with E-state index in [1.807, 2.05) is 35.9 Å². The van der Waals surface area contributed by atoms with Crippen molar-refractivity contribution in [2.24, 2.45) is 0 Å². The molecule has 0 aliphatic carbocycles. The lowest BCUT2D eigenvalue weighted by Gasteiger charge is -2.15. The number of nitrogens with one attached hydrogen (secondary N) is 1. The van der Waals surface area contributed by atoms with Gasteiger partial charge in [-0.15, -0.1) is 0 Å². The second kappa shape index (κ2) is 5.16. The molecule has 2 aromatic heterocycles.